The highest BCUT2D eigenvalue weighted by molar-refractivity contribution is 6.04. The lowest BCUT2D eigenvalue weighted by Gasteiger charge is -2.32. The van der Waals surface area contributed by atoms with Gasteiger partial charge in [-0.1, -0.05) is 30.3 Å². The lowest BCUT2D eigenvalue weighted by Crippen LogP contribution is -2.37. The maximum Gasteiger partial charge on any atom is 0.261 e. The Balaban J connectivity index is 1.14. The molecular formula is C30H25F2N3O3. The number of halogens is 2. The number of carbonyl (C=O) groups is 2. The van der Waals surface area contributed by atoms with Crippen molar-refractivity contribution in [3.8, 4) is 11.5 Å². The van der Waals surface area contributed by atoms with Crippen LogP contribution in [-0.4, -0.2) is 34.8 Å². The van der Waals surface area contributed by atoms with Gasteiger partial charge in [0.1, 0.15) is 17.1 Å². The van der Waals surface area contributed by atoms with Crippen LogP contribution in [0.5, 0.6) is 11.5 Å². The molecule has 0 bridgehead atoms. The van der Waals surface area contributed by atoms with Gasteiger partial charge in [0.25, 0.3) is 11.8 Å². The van der Waals surface area contributed by atoms with Gasteiger partial charge in [0.2, 0.25) is 0 Å². The normalized spacial score (nSPS) is 13.7. The van der Waals surface area contributed by atoms with Gasteiger partial charge in [-0.2, -0.15) is 0 Å². The molecule has 2 heterocycles. The summed E-state index contributed by atoms with van der Waals surface area (Å²) >= 11 is 0. The molecule has 1 N–H and O–H groups in total. The Bertz CT molecular complexity index is 1400. The summed E-state index contributed by atoms with van der Waals surface area (Å²) < 4.78 is 33.4. The minimum Gasteiger partial charge on any atom is -0.457 e. The second-order valence-electron chi connectivity index (χ2n) is 9.06. The van der Waals surface area contributed by atoms with E-state index >= 15 is 0 Å². The Kier molecular flexibility index (Phi) is 7.40. The van der Waals surface area contributed by atoms with E-state index in [1.54, 1.807) is 36.4 Å². The number of piperidine rings is 1. The lowest BCUT2D eigenvalue weighted by molar-refractivity contribution is 0.0713. The van der Waals surface area contributed by atoms with Crippen molar-refractivity contribution >= 4 is 17.5 Å². The van der Waals surface area contributed by atoms with Crippen molar-refractivity contribution in [3.63, 3.8) is 0 Å². The summed E-state index contributed by atoms with van der Waals surface area (Å²) in [6, 6.07) is 23.8. The third kappa shape index (κ3) is 5.70. The fourth-order valence-electron chi connectivity index (χ4n) is 4.55. The first-order chi connectivity index (χ1) is 18.5. The molecule has 192 valence electrons. The second-order valence-corrected chi connectivity index (χ2v) is 9.06. The van der Waals surface area contributed by atoms with Crippen LogP contribution in [0.25, 0.3) is 0 Å². The highest BCUT2D eigenvalue weighted by atomic mass is 19.1. The molecule has 5 rings (SSSR count). The van der Waals surface area contributed by atoms with E-state index in [0.717, 1.165) is 36.5 Å². The molecule has 2 amide bonds. The fourth-order valence-corrected chi connectivity index (χ4v) is 4.55. The number of aromatic nitrogens is 1. The highest BCUT2D eigenvalue weighted by Gasteiger charge is 2.25. The van der Waals surface area contributed by atoms with Gasteiger partial charge in [-0.05, 0) is 72.9 Å². The summed E-state index contributed by atoms with van der Waals surface area (Å²) in [6.45, 7) is 1.26. The molecule has 0 aliphatic carbocycles. The van der Waals surface area contributed by atoms with E-state index in [2.05, 4.69) is 10.3 Å². The van der Waals surface area contributed by atoms with Crippen LogP contribution in [-0.2, 0) is 0 Å². The van der Waals surface area contributed by atoms with Crippen molar-refractivity contribution in [2.75, 3.05) is 18.4 Å². The van der Waals surface area contributed by atoms with Crippen LogP contribution >= 0.6 is 0 Å². The van der Waals surface area contributed by atoms with Crippen LogP contribution in [0.1, 0.15) is 45.0 Å². The molecule has 1 aromatic heterocycles. The number of pyridine rings is 1. The first-order valence-corrected chi connectivity index (χ1v) is 12.3. The van der Waals surface area contributed by atoms with Crippen LogP contribution in [0, 0.1) is 11.6 Å². The van der Waals surface area contributed by atoms with Gasteiger partial charge in [-0.3, -0.25) is 14.6 Å². The molecule has 3 aromatic carbocycles. The van der Waals surface area contributed by atoms with Crippen LogP contribution in [0.2, 0.25) is 0 Å². The standard InChI is InChI=1S/C30H25F2N3O3/c31-26-18-33-19-27(32)28(26)29(36)34-23-10-6-20(7-11-23)21-14-16-35(17-15-21)30(37)22-8-12-25(13-9-22)38-24-4-2-1-3-5-24/h1-13,18-19,21H,14-17H2,(H,34,36). The Hall–Kier alpha value is -4.59. The number of carbonyl (C=O) groups excluding carboxylic acids is 2. The van der Waals surface area contributed by atoms with Gasteiger partial charge >= 0.3 is 0 Å². The van der Waals surface area contributed by atoms with Crippen molar-refractivity contribution in [1.82, 2.24) is 9.88 Å². The molecule has 0 unspecified atom stereocenters. The minimum absolute atomic E-state index is 0.0108. The van der Waals surface area contributed by atoms with Crippen molar-refractivity contribution in [2.45, 2.75) is 18.8 Å². The van der Waals surface area contributed by atoms with Crippen LogP contribution < -0.4 is 10.1 Å². The molecule has 1 saturated heterocycles. The molecule has 0 saturated carbocycles. The number of nitrogens with one attached hydrogen (secondary N) is 1. The number of para-hydroxylation sites is 1. The van der Waals surface area contributed by atoms with E-state index in [1.807, 2.05) is 47.4 Å². The van der Waals surface area contributed by atoms with Crippen molar-refractivity contribution in [2.24, 2.45) is 0 Å². The second kappa shape index (κ2) is 11.2. The molecule has 38 heavy (non-hydrogen) atoms. The van der Waals surface area contributed by atoms with Gasteiger partial charge in [0, 0.05) is 24.3 Å². The first kappa shape index (κ1) is 25.1. The average molecular weight is 514 g/mol. The van der Waals surface area contributed by atoms with E-state index in [4.69, 9.17) is 4.74 Å². The smallest absolute Gasteiger partial charge is 0.261 e. The van der Waals surface area contributed by atoms with Crippen molar-refractivity contribution < 1.29 is 23.1 Å². The zero-order valence-electron chi connectivity index (χ0n) is 20.4. The lowest BCUT2D eigenvalue weighted by atomic mass is 9.89. The van der Waals surface area contributed by atoms with Gasteiger partial charge in [0.05, 0.1) is 12.4 Å². The SMILES string of the molecule is O=C(Nc1ccc(C2CCN(C(=O)c3ccc(Oc4ccccc4)cc3)CC2)cc1)c1c(F)cncc1F. The number of benzene rings is 3. The predicted molar refractivity (Wildman–Crippen MR) is 139 cm³/mol. The molecular weight excluding hydrogens is 488 g/mol. The molecule has 1 fully saturated rings. The summed E-state index contributed by atoms with van der Waals surface area (Å²) in [5, 5.41) is 2.52. The van der Waals surface area contributed by atoms with Gasteiger partial charge in [-0.15, -0.1) is 0 Å². The summed E-state index contributed by atoms with van der Waals surface area (Å²) in [7, 11) is 0. The number of likely N-dealkylation sites (tertiary alicyclic amines) is 1. The number of rotatable bonds is 6. The number of hydrogen-bond acceptors (Lipinski definition) is 4. The number of anilines is 1. The zero-order chi connectivity index (χ0) is 26.5. The van der Waals surface area contributed by atoms with E-state index in [1.165, 1.54) is 0 Å². The third-order valence-electron chi connectivity index (χ3n) is 6.58. The van der Waals surface area contributed by atoms with Crippen molar-refractivity contribution in [1.29, 1.82) is 0 Å². The van der Waals surface area contributed by atoms with Gasteiger partial charge < -0.3 is 15.0 Å². The van der Waals surface area contributed by atoms with E-state index < -0.39 is 23.1 Å². The Morgan fingerprint density at radius 1 is 0.816 bits per heavy atom. The van der Waals surface area contributed by atoms with Gasteiger partial charge in [-0.25, -0.2) is 8.78 Å². The predicted octanol–water partition coefficient (Wildman–Crippen LogP) is 6.42. The quantitative estimate of drug-likeness (QED) is 0.323. The summed E-state index contributed by atoms with van der Waals surface area (Å²) in [6.07, 6.45) is 3.21. The number of amides is 2. The molecule has 6 nitrogen and oxygen atoms in total. The Morgan fingerprint density at radius 3 is 2.05 bits per heavy atom. The molecule has 4 aromatic rings. The summed E-state index contributed by atoms with van der Waals surface area (Å²) in [4.78, 5) is 30.6. The van der Waals surface area contributed by atoms with Crippen molar-refractivity contribution in [3.05, 3.63) is 120 Å². The highest BCUT2D eigenvalue weighted by Crippen LogP contribution is 2.30. The minimum atomic E-state index is -1.02. The van der Waals surface area contributed by atoms with Crippen LogP contribution in [0.4, 0.5) is 14.5 Å². The monoisotopic (exact) mass is 513 g/mol. The maximum atomic E-state index is 13.8. The molecule has 1 aliphatic rings. The maximum absolute atomic E-state index is 13.8. The van der Waals surface area contributed by atoms with E-state index in [-0.39, 0.29) is 11.8 Å². The van der Waals surface area contributed by atoms with Crippen LogP contribution in [0.3, 0.4) is 0 Å². The molecule has 0 spiro atoms. The molecule has 0 radical (unpaired) electrons. The Morgan fingerprint density at radius 2 is 1.42 bits per heavy atom. The number of hydrogen-bond donors (Lipinski definition) is 1. The first-order valence-electron chi connectivity index (χ1n) is 12.3. The summed E-state index contributed by atoms with van der Waals surface area (Å²) in [5.41, 5.74) is 1.46. The zero-order valence-corrected chi connectivity index (χ0v) is 20.4. The average Bonchev–Trinajstić information content (AvgIpc) is 2.94. The Labute approximate surface area is 218 Å². The number of ether oxygens (including phenoxy) is 1. The summed E-state index contributed by atoms with van der Waals surface area (Å²) in [5.74, 6) is -1.25. The molecule has 1 aliphatic heterocycles. The van der Waals surface area contributed by atoms with E-state index in [9.17, 15) is 18.4 Å². The fraction of sp³-hybridized carbons (Fsp3) is 0.167. The van der Waals surface area contributed by atoms with Gasteiger partial charge in [0.15, 0.2) is 11.6 Å². The largest absolute Gasteiger partial charge is 0.457 e. The van der Waals surface area contributed by atoms with Crippen LogP contribution in [0.15, 0.2) is 91.3 Å². The topological polar surface area (TPSA) is 71.5 Å². The third-order valence-corrected chi connectivity index (χ3v) is 6.58. The number of nitrogens with zero attached hydrogens (tertiary/aromatic N) is 2. The van der Waals surface area contributed by atoms with E-state index in [0.29, 0.717) is 30.1 Å². The molecule has 8 heteroatoms. The molecule has 0 atom stereocenters.